The van der Waals surface area contributed by atoms with E-state index in [2.05, 4.69) is 5.10 Å². The average molecular weight is 447 g/mol. The van der Waals surface area contributed by atoms with E-state index in [1.807, 2.05) is 31.2 Å². The van der Waals surface area contributed by atoms with Gasteiger partial charge in [-0.25, -0.2) is 9.07 Å². The molecule has 0 radical (unpaired) electrons. The molecule has 3 rings (SSSR count). The third kappa shape index (κ3) is 6.37. The molecule has 0 aliphatic heterocycles. The highest BCUT2D eigenvalue weighted by Crippen LogP contribution is 2.21. The zero-order valence-corrected chi connectivity index (χ0v) is 17.8. The van der Waals surface area contributed by atoms with Crippen LogP contribution in [-0.2, 0) is 17.6 Å². The number of nitrogens with zero attached hydrogens (tertiary/aromatic N) is 2. The molecule has 2 N–H and O–H groups in total. The number of aliphatic hydroxyl groups is 2. The quantitative estimate of drug-likeness (QED) is 0.498. The van der Waals surface area contributed by atoms with Crippen LogP contribution in [0.3, 0.4) is 0 Å². The van der Waals surface area contributed by atoms with Crippen molar-refractivity contribution < 1.29 is 24.1 Å². The Bertz CT molecular complexity index is 1050. The lowest BCUT2D eigenvalue weighted by molar-refractivity contribution is -0.118. The first-order valence-corrected chi connectivity index (χ1v) is 10.3. The lowest BCUT2D eigenvalue weighted by Crippen LogP contribution is -2.21. The predicted octanol–water partition coefficient (Wildman–Crippen LogP) is 3.45. The number of aliphatic hydroxyl groups excluding tert-OH is 2. The van der Waals surface area contributed by atoms with Crippen LogP contribution in [0.5, 0.6) is 5.75 Å². The van der Waals surface area contributed by atoms with Gasteiger partial charge in [-0.1, -0.05) is 23.7 Å². The average Bonchev–Trinajstić information content (AvgIpc) is 3.12. The molecule has 8 heteroatoms. The minimum absolute atomic E-state index is 0.0275. The molecule has 1 heterocycles. The highest BCUT2D eigenvalue weighted by Gasteiger charge is 2.13. The van der Waals surface area contributed by atoms with Crippen molar-refractivity contribution in [2.24, 2.45) is 0 Å². The number of hydrogen-bond acceptors (Lipinski definition) is 5. The lowest BCUT2D eigenvalue weighted by atomic mass is 10.0. The van der Waals surface area contributed by atoms with Crippen molar-refractivity contribution in [1.29, 1.82) is 0 Å². The van der Waals surface area contributed by atoms with Gasteiger partial charge in [-0.05, 0) is 55.3 Å². The standard InChI is InChI=1S/C23H24ClFN2O4/c1-15-9-19(27(26-15)18-4-2-3-17(24)12-18)6-7-20(29)10-16-5-8-23(22(25)11-16)31-14-21(30)13-28/h2-5,8-9,11-12,21,28,30H,6-7,10,13-14H2,1H3. The molecule has 0 amide bonds. The molecular weight excluding hydrogens is 423 g/mol. The summed E-state index contributed by atoms with van der Waals surface area (Å²) < 4.78 is 21.1. The topological polar surface area (TPSA) is 84.6 Å². The fraction of sp³-hybridized carbons (Fsp3) is 0.304. The van der Waals surface area contributed by atoms with E-state index < -0.39 is 18.5 Å². The Morgan fingerprint density at radius 3 is 2.77 bits per heavy atom. The molecular formula is C23H24ClFN2O4. The molecule has 2 aromatic carbocycles. The molecule has 0 aliphatic carbocycles. The molecule has 0 spiro atoms. The predicted molar refractivity (Wildman–Crippen MR) is 115 cm³/mol. The minimum Gasteiger partial charge on any atom is -0.488 e. The van der Waals surface area contributed by atoms with Gasteiger partial charge in [0.2, 0.25) is 0 Å². The number of carbonyl (C=O) groups is 1. The Hall–Kier alpha value is -2.74. The van der Waals surface area contributed by atoms with E-state index in [9.17, 15) is 14.3 Å². The number of carbonyl (C=O) groups excluding carboxylic acids is 1. The molecule has 0 bridgehead atoms. The van der Waals surface area contributed by atoms with Crippen LogP contribution in [0.1, 0.15) is 23.4 Å². The summed E-state index contributed by atoms with van der Waals surface area (Å²) >= 11 is 6.08. The summed E-state index contributed by atoms with van der Waals surface area (Å²) in [7, 11) is 0. The van der Waals surface area contributed by atoms with Crippen LogP contribution in [-0.4, -0.2) is 45.1 Å². The molecule has 164 valence electrons. The van der Waals surface area contributed by atoms with Crippen molar-refractivity contribution >= 4 is 17.4 Å². The van der Waals surface area contributed by atoms with Crippen LogP contribution in [0.2, 0.25) is 5.02 Å². The fourth-order valence-electron chi connectivity index (χ4n) is 3.16. The second-order valence-corrected chi connectivity index (χ2v) is 7.73. The van der Waals surface area contributed by atoms with Gasteiger partial charge < -0.3 is 14.9 Å². The summed E-state index contributed by atoms with van der Waals surface area (Å²) in [6.45, 7) is 1.20. The second kappa shape index (κ2) is 10.5. The van der Waals surface area contributed by atoms with E-state index in [1.54, 1.807) is 16.8 Å². The molecule has 1 aromatic heterocycles. The van der Waals surface area contributed by atoms with Crippen molar-refractivity contribution in [1.82, 2.24) is 9.78 Å². The summed E-state index contributed by atoms with van der Waals surface area (Å²) in [4.78, 5) is 12.5. The number of Topliss-reactive ketones (excluding diaryl/α,β-unsaturated/α-hetero) is 1. The van der Waals surface area contributed by atoms with Crippen molar-refractivity contribution in [2.75, 3.05) is 13.2 Å². The molecule has 3 aromatic rings. The number of halogens is 2. The summed E-state index contributed by atoms with van der Waals surface area (Å²) in [5.74, 6) is -0.685. The van der Waals surface area contributed by atoms with Crippen LogP contribution in [0, 0.1) is 12.7 Å². The van der Waals surface area contributed by atoms with E-state index in [0.29, 0.717) is 17.0 Å². The van der Waals surface area contributed by atoms with Gasteiger partial charge in [-0.3, -0.25) is 4.79 Å². The number of ether oxygens (including phenoxy) is 1. The second-order valence-electron chi connectivity index (χ2n) is 7.30. The molecule has 0 aliphatic rings. The van der Waals surface area contributed by atoms with Gasteiger partial charge in [-0.2, -0.15) is 5.10 Å². The van der Waals surface area contributed by atoms with Crippen LogP contribution in [0.25, 0.3) is 5.69 Å². The van der Waals surface area contributed by atoms with Crippen molar-refractivity contribution in [3.63, 3.8) is 0 Å². The third-order valence-corrected chi connectivity index (χ3v) is 4.89. The van der Waals surface area contributed by atoms with E-state index >= 15 is 0 Å². The number of benzene rings is 2. The van der Waals surface area contributed by atoms with Crippen molar-refractivity contribution in [3.8, 4) is 11.4 Å². The van der Waals surface area contributed by atoms with Gasteiger partial charge in [0.1, 0.15) is 18.5 Å². The first-order chi connectivity index (χ1) is 14.9. The molecule has 1 atom stereocenters. The fourth-order valence-corrected chi connectivity index (χ4v) is 3.34. The van der Waals surface area contributed by atoms with Gasteiger partial charge in [0, 0.05) is 23.6 Å². The van der Waals surface area contributed by atoms with Gasteiger partial charge >= 0.3 is 0 Å². The van der Waals surface area contributed by atoms with Crippen LogP contribution in [0.4, 0.5) is 4.39 Å². The van der Waals surface area contributed by atoms with E-state index in [-0.39, 0.29) is 31.0 Å². The molecule has 0 fully saturated rings. The Balaban J connectivity index is 1.60. The van der Waals surface area contributed by atoms with E-state index in [0.717, 1.165) is 17.1 Å². The maximum Gasteiger partial charge on any atom is 0.165 e. The maximum absolute atomic E-state index is 14.2. The van der Waals surface area contributed by atoms with Crippen LogP contribution < -0.4 is 4.74 Å². The number of rotatable bonds is 10. The van der Waals surface area contributed by atoms with Crippen LogP contribution >= 0.6 is 11.6 Å². The zero-order chi connectivity index (χ0) is 22.4. The summed E-state index contributed by atoms with van der Waals surface area (Å²) in [6.07, 6.45) is -0.200. The number of aromatic nitrogens is 2. The summed E-state index contributed by atoms with van der Waals surface area (Å²) in [5.41, 5.74) is 3.10. The maximum atomic E-state index is 14.2. The minimum atomic E-state index is -1.08. The molecule has 1 unspecified atom stereocenters. The zero-order valence-electron chi connectivity index (χ0n) is 17.1. The van der Waals surface area contributed by atoms with Gasteiger partial charge in [0.25, 0.3) is 0 Å². The Morgan fingerprint density at radius 1 is 1.26 bits per heavy atom. The number of aryl methyl sites for hydroxylation is 2. The van der Waals surface area contributed by atoms with Crippen LogP contribution in [0.15, 0.2) is 48.5 Å². The molecule has 0 saturated heterocycles. The first kappa shape index (κ1) is 22.9. The number of ketones is 1. The Morgan fingerprint density at radius 2 is 2.06 bits per heavy atom. The monoisotopic (exact) mass is 446 g/mol. The first-order valence-electron chi connectivity index (χ1n) is 9.89. The highest BCUT2D eigenvalue weighted by molar-refractivity contribution is 6.30. The largest absolute Gasteiger partial charge is 0.488 e. The smallest absolute Gasteiger partial charge is 0.165 e. The lowest BCUT2D eigenvalue weighted by Gasteiger charge is -2.11. The van der Waals surface area contributed by atoms with Crippen molar-refractivity contribution in [2.45, 2.75) is 32.3 Å². The van der Waals surface area contributed by atoms with Crippen molar-refractivity contribution in [3.05, 3.63) is 76.3 Å². The molecule has 0 saturated carbocycles. The summed E-state index contributed by atoms with van der Waals surface area (Å²) in [6, 6.07) is 13.5. The van der Waals surface area contributed by atoms with Gasteiger partial charge in [-0.15, -0.1) is 0 Å². The Kier molecular flexibility index (Phi) is 7.79. The third-order valence-electron chi connectivity index (χ3n) is 4.66. The highest BCUT2D eigenvalue weighted by atomic mass is 35.5. The van der Waals surface area contributed by atoms with E-state index in [4.69, 9.17) is 21.4 Å². The summed E-state index contributed by atoms with van der Waals surface area (Å²) in [5, 5.41) is 23.2. The molecule has 31 heavy (non-hydrogen) atoms. The SMILES string of the molecule is Cc1cc(CCC(=O)Cc2ccc(OCC(O)CO)c(F)c2)n(-c2cccc(Cl)c2)n1. The van der Waals surface area contributed by atoms with E-state index in [1.165, 1.54) is 12.1 Å². The van der Waals surface area contributed by atoms with Gasteiger partial charge in [0.05, 0.1) is 18.0 Å². The Labute approximate surface area is 184 Å². The number of hydrogen-bond donors (Lipinski definition) is 2. The molecule has 6 nitrogen and oxygen atoms in total. The van der Waals surface area contributed by atoms with Gasteiger partial charge in [0.15, 0.2) is 11.6 Å². The normalized spacial score (nSPS) is 12.0.